The van der Waals surface area contributed by atoms with Crippen LogP contribution in [0.25, 0.3) is 0 Å². The molecule has 112 valence electrons. The van der Waals surface area contributed by atoms with Crippen molar-refractivity contribution >= 4 is 11.6 Å². The van der Waals surface area contributed by atoms with E-state index in [9.17, 15) is 4.79 Å². The van der Waals surface area contributed by atoms with Crippen molar-refractivity contribution in [2.75, 3.05) is 18.5 Å². The van der Waals surface area contributed by atoms with Gasteiger partial charge in [-0.05, 0) is 38.1 Å². The van der Waals surface area contributed by atoms with Crippen molar-refractivity contribution < 1.29 is 19.3 Å². The maximum absolute atomic E-state index is 12.0. The third kappa shape index (κ3) is 4.36. The standard InChI is InChI=1S/C16H20N2O3/c1-3-20-15-8-5-4-7-13(15)18-16(19)11-17-12(2)14-9-6-10-21-14/h4-10,12,17H,3,11H2,1-2H3,(H,18,19)/p+1/t12-/m0/s1. The quantitative estimate of drug-likeness (QED) is 0.818. The first-order chi connectivity index (χ1) is 10.2. The number of nitrogens with one attached hydrogen (secondary N) is 1. The summed E-state index contributed by atoms with van der Waals surface area (Å²) in [6.45, 7) is 4.80. The van der Waals surface area contributed by atoms with E-state index in [0.717, 1.165) is 5.76 Å². The second kappa shape index (κ2) is 7.50. The molecule has 1 heterocycles. The Morgan fingerprint density at radius 2 is 2.14 bits per heavy atom. The van der Waals surface area contributed by atoms with E-state index in [4.69, 9.17) is 9.15 Å². The molecule has 1 aromatic carbocycles. The second-order valence-corrected chi connectivity index (χ2v) is 4.72. The highest BCUT2D eigenvalue weighted by atomic mass is 16.5. The average Bonchev–Trinajstić information content (AvgIpc) is 3.01. The number of amides is 1. The van der Waals surface area contributed by atoms with Gasteiger partial charge in [0.1, 0.15) is 11.8 Å². The molecule has 2 aromatic rings. The van der Waals surface area contributed by atoms with Gasteiger partial charge in [0, 0.05) is 0 Å². The minimum absolute atomic E-state index is 0.0689. The molecule has 0 saturated heterocycles. The van der Waals surface area contributed by atoms with Crippen LogP contribution in [0.15, 0.2) is 47.1 Å². The Kier molecular flexibility index (Phi) is 5.40. The molecule has 0 unspecified atom stereocenters. The molecule has 1 amide bonds. The highest BCUT2D eigenvalue weighted by Crippen LogP contribution is 2.23. The minimum Gasteiger partial charge on any atom is -0.492 e. The van der Waals surface area contributed by atoms with E-state index < -0.39 is 0 Å². The van der Waals surface area contributed by atoms with Gasteiger partial charge in [-0.1, -0.05) is 12.1 Å². The Labute approximate surface area is 124 Å². The number of anilines is 1. The number of carbonyl (C=O) groups excluding carboxylic acids is 1. The maximum atomic E-state index is 12.0. The van der Waals surface area contributed by atoms with Crippen LogP contribution in [0, 0.1) is 0 Å². The first-order valence-electron chi connectivity index (χ1n) is 7.09. The molecule has 1 atom stereocenters. The van der Waals surface area contributed by atoms with Gasteiger partial charge in [-0.2, -0.15) is 0 Å². The van der Waals surface area contributed by atoms with Gasteiger partial charge in [-0.25, -0.2) is 0 Å². The summed E-state index contributed by atoms with van der Waals surface area (Å²) in [4.78, 5) is 12.0. The van der Waals surface area contributed by atoms with Crippen molar-refractivity contribution in [3.05, 3.63) is 48.4 Å². The van der Waals surface area contributed by atoms with Crippen molar-refractivity contribution in [3.63, 3.8) is 0 Å². The number of nitrogens with two attached hydrogens (primary N) is 1. The van der Waals surface area contributed by atoms with Crippen LogP contribution >= 0.6 is 0 Å². The molecule has 0 saturated carbocycles. The second-order valence-electron chi connectivity index (χ2n) is 4.72. The van der Waals surface area contributed by atoms with Gasteiger partial charge in [-0.3, -0.25) is 4.79 Å². The van der Waals surface area contributed by atoms with Crippen LogP contribution < -0.4 is 15.4 Å². The van der Waals surface area contributed by atoms with Crippen LogP contribution in [0.5, 0.6) is 5.75 Å². The third-order valence-corrected chi connectivity index (χ3v) is 3.11. The van der Waals surface area contributed by atoms with Crippen molar-refractivity contribution in [1.82, 2.24) is 0 Å². The highest BCUT2D eigenvalue weighted by Gasteiger charge is 2.14. The Hall–Kier alpha value is -2.27. The summed E-state index contributed by atoms with van der Waals surface area (Å²) in [6.07, 6.45) is 1.64. The lowest BCUT2D eigenvalue weighted by Gasteiger charge is -2.12. The summed E-state index contributed by atoms with van der Waals surface area (Å²) in [5.74, 6) is 1.48. The van der Waals surface area contributed by atoms with Crippen molar-refractivity contribution in [3.8, 4) is 5.75 Å². The Morgan fingerprint density at radius 3 is 2.86 bits per heavy atom. The van der Waals surface area contributed by atoms with Gasteiger partial charge in [0.2, 0.25) is 0 Å². The number of rotatable bonds is 7. The van der Waals surface area contributed by atoms with Gasteiger partial charge in [0.25, 0.3) is 5.91 Å². The molecule has 0 bridgehead atoms. The minimum atomic E-state index is -0.0689. The van der Waals surface area contributed by atoms with Crippen LogP contribution in [0.1, 0.15) is 25.6 Å². The summed E-state index contributed by atoms with van der Waals surface area (Å²) >= 11 is 0. The molecule has 5 heteroatoms. The third-order valence-electron chi connectivity index (χ3n) is 3.11. The zero-order chi connectivity index (χ0) is 15.1. The molecule has 0 spiro atoms. The van der Waals surface area contributed by atoms with E-state index in [1.807, 2.05) is 55.6 Å². The number of hydrogen-bond donors (Lipinski definition) is 2. The van der Waals surface area contributed by atoms with Crippen molar-refractivity contribution in [2.45, 2.75) is 19.9 Å². The average molecular weight is 289 g/mol. The molecule has 0 aliphatic heterocycles. The summed E-state index contributed by atoms with van der Waals surface area (Å²) in [5, 5.41) is 4.80. The van der Waals surface area contributed by atoms with Gasteiger partial charge in [-0.15, -0.1) is 0 Å². The van der Waals surface area contributed by atoms with Crippen LogP contribution in [-0.4, -0.2) is 19.1 Å². The van der Waals surface area contributed by atoms with Crippen LogP contribution in [-0.2, 0) is 4.79 Å². The SMILES string of the molecule is CCOc1ccccc1NC(=O)C[NH2+][C@@H](C)c1ccco1. The molecule has 0 aliphatic rings. The van der Waals surface area contributed by atoms with Crippen molar-refractivity contribution in [2.24, 2.45) is 0 Å². The van der Waals surface area contributed by atoms with Gasteiger partial charge >= 0.3 is 0 Å². The fourth-order valence-corrected chi connectivity index (χ4v) is 2.00. The highest BCUT2D eigenvalue weighted by molar-refractivity contribution is 5.92. The van der Waals surface area contributed by atoms with E-state index in [-0.39, 0.29) is 11.9 Å². The Bertz CT molecular complexity index is 567. The summed E-state index contributed by atoms with van der Waals surface area (Å²) in [6, 6.07) is 11.3. The van der Waals surface area contributed by atoms with Crippen LogP contribution in [0.2, 0.25) is 0 Å². The van der Waals surface area contributed by atoms with E-state index in [1.165, 1.54) is 0 Å². The smallest absolute Gasteiger partial charge is 0.279 e. The maximum Gasteiger partial charge on any atom is 0.279 e. The lowest BCUT2D eigenvalue weighted by atomic mass is 10.2. The first kappa shape index (κ1) is 15.1. The summed E-state index contributed by atoms with van der Waals surface area (Å²) in [5.41, 5.74) is 0.698. The largest absolute Gasteiger partial charge is 0.492 e. The van der Waals surface area contributed by atoms with Gasteiger partial charge in [0.05, 0.1) is 18.6 Å². The number of hydrogen-bond acceptors (Lipinski definition) is 3. The summed E-state index contributed by atoms with van der Waals surface area (Å²) < 4.78 is 10.8. The van der Waals surface area contributed by atoms with Gasteiger partial charge in [0.15, 0.2) is 12.3 Å². The zero-order valence-corrected chi connectivity index (χ0v) is 12.3. The monoisotopic (exact) mass is 289 g/mol. The molecule has 1 aromatic heterocycles. The zero-order valence-electron chi connectivity index (χ0n) is 12.3. The number of carbonyl (C=O) groups is 1. The van der Waals surface area contributed by atoms with E-state index in [0.29, 0.717) is 24.6 Å². The number of benzene rings is 1. The van der Waals surface area contributed by atoms with Gasteiger partial charge < -0.3 is 19.8 Å². The molecule has 0 fully saturated rings. The predicted molar refractivity (Wildman–Crippen MR) is 80.2 cm³/mol. The van der Waals surface area contributed by atoms with E-state index in [2.05, 4.69) is 5.32 Å². The molecular formula is C16H21N2O3+. The first-order valence-corrected chi connectivity index (χ1v) is 7.09. The lowest BCUT2D eigenvalue weighted by Crippen LogP contribution is -2.86. The predicted octanol–water partition coefficient (Wildman–Crippen LogP) is 1.94. The van der Waals surface area contributed by atoms with E-state index >= 15 is 0 Å². The number of quaternary nitrogens is 1. The topological polar surface area (TPSA) is 68.1 Å². The molecular weight excluding hydrogens is 268 g/mol. The number of furan rings is 1. The van der Waals surface area contributed by atoms with E-state index in [1.54, 1.807) is 6.26 Å². The Morgan fingerprint density at radius 1 is 1.33 bits per heavy atom. The molecule has 0 aliphatic carbocycles. The Balaban J connectivity index is 1.87. The molecule has 21 heavy (non-hydrogen) atoms. The molecule has 0 radical (unpaired) electrons. The fourth-order valence-electron chi connectivity index (χ4n) is 2.00. The fraction of sp³-hybridized carbons (Fsp3) is 0.312. The molecule has 3 N–H and O–H groups in total. The lowest BCUT2D eigenvalue weighted by molar-refractivity contribution is -0.684. The number of ether oxygens (including phenoxy) is 1. The summed E-state index contributed by atoms with van der Waals surface area (Å²) in [7, 11) is 0. The molecule has 2 rings (SSSR count). The molecule has 5 nitrogen and oxygen atoms in total. The normalized spacial score (nSPS) is 11.9. The van der Waals surface area contributed by atoms with Crippen LogP contribution in [0.4, 0.5) is 5.69 Å². The number of para-hydroxylation sites is 2. The van der Waals surface area contributed by atoms with Crippen LogP contribution in [0.3, 0.4) is 0 Å². The van der Waals surface area contributed by atoms with Crippen molar-refractivity contribution in [1.29, 1.82) is 0 Å².